The minimum Gasteiger partial charge on any atom is -0.340 e. The smallest absolute Gasteiger partial charge is 0.253 e. The highest BCUT2D eigenvalue weighted by Gasteiger charge is 2.48. The van der Waals surface area contributed by atoms with Crippen LogP contribution in [-0.2, 0) is 9.59 Å². The lowest BCUT2D eigenvalue weighted by atomic mass is 9.92. The normalized spacial score (nSPS) is 21.8. The van der Waals surface area contributed by atoms with Gasteiger partial charge in [0.05, 0.1) is 5.69 Å². The molecule has 0 radical (unpaired) electrons. The molecule has 2 aliphatic rings. The van der Waals surface area contributed by atoms with Gasteiger partial charge in [-0.2, -0.15) is 0 Å². The second-order valence-electron chi connectivity index (χ2n) is 5.18. The number of anilines is 1. The fraction of sp³-hybridized carbons (Fsp3) is 0.429. The van der Waals surface area contributed by atoms with Crippen molar-refractivity contribution in [1.82, 2.24) is 5.32 Å². The van der Waals surface area contributed by atoms with Crippen LogP contribution in [0.5, 0.6) is 0 Å². The van der Waals surface area contributed by atoms with E-state index in [1.807, 2.05) is 0 Å². The van der Waals surface area contributed by atoms with Gasteiger partial charge in [-0.25, -0.2) is 4.39 Å². The Labute approximate surface area is 110 Å². The van der Waals surface area contributed by atoms with Gasteiger partial charge in [0.25, 0.3) is 5.91 Å². The lowest BCUT2D eigenvalue weighted by molar-refractivity contribution is -0.135. The van der Waals surface area contributed by atoms with E-state index in [9.17, 15) is 14.0 Å². The van der Waals surface area contributed by atoms with E-state index in [4.69, 9.17) is 0 Å². The molecule has 0 aromatic heterocycles. The van der Waals surface area contributed by atoms with Crippen molar-refractivity contribution in [2.24, 2.45) is 0 Å². The minimum absolute atomic E-state index is 0.110. The highest BCUT2D eigenvalue weighted by molar-refractivity contribution is 6.09. The van der Waals surface area contributed by atoms with Crippen LogP contribution in [0.15, 0.2) is 24.3 Å². The molecule has 0 atom stereocenters. The molecule has 1 aliphatic carbocycles. The Morgan fingerprint density at radius 2 is 1.84 bits per heavy atom. The number of benzene rings is 1. The molecule has 1 aliphatic heterocycles. The van der Waals surface area contributed by atoms with Crippen LogP contribution in [0, 0.1) is 5.82 Å². The van der Waals surface area contributed by atoms with Crippen molar-refractivity contribution in [3.8, 4) is 0 Å². The predicted octanol–water partition coefficient (Wildman–Crippen LogP) is 1.60. The van der Waals surface area contributed by atoms with E-state index >= 15 is 0 Å². The number of para-hydroxylation sites is 1. The molecule has 1 N–H and O–H groups in total. The van der Waals surface area contributed by atoms with Gasteiger partial charge >= 0.3 is 0 Å². The topological polar surface area (TPSA) is 49.4 Å². The van der Waals surface area contributed by atoms with E-state index in [1.165, 1.54) is 17.0 Å². The molecular weight excluding hydrogens is 247 g/mol. The van der Waals surface area contributed by atoms with Gasteiger partial charge in [0.1, 0.15) is 17.9 Å². The molecule has 1 aromatic carbocycles. The summed E-state index contributed by atoms with van der Waals surface area (Å²) in [5.74, 6) is -0.877. The molecule has 100 valence electrons. The van der Waals surface area contributed by atoms with Crippen LogP contribution in [-0.4, -0.2) is 23.9 Å². The molecule has 0 unspecified atom stereocenters. The Balaban J connectivity index is 1.99. The number of rotatable bonds is 1. The molecule has 0 bridgehead atoms. The van der Waals surface area contributed by atoms with Crippen LogP contribution in [0.4, 0.5) is 10.1 Å². The Kier molecular flexibility index (Phi) is 2.77. The number of piperazine rings is 1. The third kappa shape index (κ3) is 1.89. The molecular formula is C14H15FN2O2. The largest absolute Gasteiger partial charge is 0.340 e. The van der Waals surface area contributed by atoms with Crippen molar-refractivity contribution < 1.29 is 14.0 Å². The first-order valence-corrected chi connectivity index (χ1v) is 6.50. The molecule has 1 saturated carbocycles. The Hall–Kier alpha value is -1.91. The van der Waals surface area contributed by atoms with Crippen LogP contribution in [0.2, 0.25) is 0 Å². The highest BCUT2D eigenvalue weighted by Crippen LogP contribution is 2.35. The first kappa shape index (κ1) is 12.1. The number of nitrogens with one attached hydrogen (secondary N) is 1. The average Bonchev–Trinajstić information content (AvgIpc) is 2.84. The van der Waals surface area contributed by atoms with E-state index < -0.39 is 11.4 Å². The number of nitrogens with zero attached hydrogens (tertiary/aromatic N) is 1. The van der Waals surface area contributed by atoms with Gasteiger partial charge in [-0.15, -0.1) is 0 Å². The van der Waals surface area contributed by atoms with Crippen LogP contribution in [0.25, 0.3) is 0 Å². The van der Waals surface area contributed by atoms with E-state index in [-0.39, 0.29) is 24.0 Å². The number of amides is 2. The van der Waals surface area contributed by atoms with Crippen molar-refractivity contribution in [2.75, 3.05) is 11.4 Å². The zero-order valence-electron chi connectivity index (χ0n) is 10.5. The fourth-order valence-corrected chi connectivity index (χ4v) is 3.02. The molecule has 5 heteroatoms. The summed E-state index contributed by atoms with van der Waals surface area (Å²) in [4.78, 5) is 25.7. The van der Waals surface area contributed by atoms with E-state index in [0.29, 0.717) is 12.8 Å². The summed E-state index contributed by atoms with van der Waals surface area (Å²) in [7, 11) is 0. The number of hydrogen-bond acceptors (Lipinski definition) is 2. The Morgan fingerprint density at radius 3 is 2.53 bits per heavy atom. The van der Waals surface area contributed by atoms with Crippen LogP contribution in [0.3, 0.4) is 0 Å². The Bertz CT molecular complexity index is 538. The van der Waals surface area contributed by atoms with Crippen LogP contribution in [0.1, 0.15) is 25.7 Å². The van der Waals surface area contributed by atoms with E-state index in [0.717, 1.165) is 12.8 Å². The lowest BCUT2D eigenvalue weighted by Gasteiger charge is -2.39. The molecule has 19 heavy (non-hydrogen) atoms. The zero-order chi connectivity index (χ0) is 13.5. The summed E-state index contributed by atoms with van der Waals surface area (Å²) >= 11 is 0. The maximum atomic E-state index is 13.8. The molecule has 4 nitrogen and oxygen atoms in total. The molecule has 3 rings (SSSR count). The minimum atomic E-state index is -0.808. The maximum absolute atomic E-state index is 13.8. The summed E-state index contributed by atoms with van der Waals surface area (Å²) in [6.07, 6.45) is 3.11. The number of carbonyl (C=O) groups excluding carboxylic acids is 2. The maximum Gasteiger partial charge on any atom is 0.253 e. The third-order valence-corrected chi connectivity index (χ3v) is 3.94. The first-order valence-electron chi connectivity index (χ1n) is 6.50. The molecule has 2 fully saturated rings. The number of halogens is 1. The standard InChI is InChI=1S/C14H15FN2O2/c15-10-5-1-2-6-11(10)17-9-12(18)16-14(13(17)19)7-3-4-8-14/h1-2,5-6H,3-4,7-9H2,(H,16,18). The van der Waals surface area contributed by atoms with Crippen molar-refractivity contribution in [1.29, 1.82) is 0 Å². The Morgan fingerprint density at radius 1 is 1.16 bits per heavy atom. The molecule has 2 amide bonds. The fourth-order valence-electron chi connectivity index (χ4n) is 3.02. The van der Waals surface area contributed by atoms with Gasteiger partial charge in [0.2, 0.25) is 5.91 Å². The third-order valence-electron chi connectivity index (χ3n) is 3.94. The quantitative estimate of drug-likeness (QED) is 0.835. The monoisotopic (exact) mass is 262 g/mol. The van der Waals surface area contributed by atoms with Crippen molar-refractivity contribution in [3.05, 3.63) is 30.1 Å². The van der Waals surface area contributed by atoms with E-state index in [2.05, 4.69) is 5.32 Å². The second-order valence-corrected chi connectivity index (χ2v) is 5.18. The van der Waals surface area contributed by atoms with Crippen molar-refractivity contribution in [3.63, 3.8) is 0 Å². The van der Waals surface area contributed by atoms with Gasteiger partial charge < -0.3 is 5.32 Å². The van der Waals surface area contributed by atoms with Crippen LogP contribution >= 0.6 is 0 Å². The SMILES string of the molecule is O=C1CN(c2ccccc2F)C(=O)C2(CCCC2)N1. The summed E-state index contributed by atoms with van der Waals surface area (Å²) in [5, 5.41) is 2.81. The summed E-state index contributed by atoms with van der Waals surface area (Å²) < 4.78 is 13.8. The summed E-state index contributed by atoms with van der Waals surface area (Å²) in [6, 6.07) is 6.07. The molecule has 1 spiro atoms. The zero-order valence-corrected chi connectivity index (χ0v) is 10.5. The number of hydrogen-bond donors (Lipinski definition) is 1. The van der Waals surface area contributed by atoms with E-state index in [1.54, 1.807) is 12.1 Å². The predicted molar refractivity (Wildman–Crippen MR) is 68.1 cm³/mol. The van der Waals surface area contributed by atoms with Crippen molar-refractivity contribution in [2.45, 2.75) is 31.2 Å². The van der Waals surface area contributed by atoms with Gasteiger partial charge in [-0.3, -0.25) is 14.5 Å². The second kappa shape index (κ2) is 4.33. The summed E-state index contributed by atoms with van der Waals surface area (Å²) in [5.41, 5.74) is -0.619. The highest BCUT2D eigenvalue weighted by atomic mass is 19.1. The first-order chi connectivity index (χ1) is 9.12. The van der Waals surface area contributed by atoms with Gasteiger partial charge in [-0.1, -0.05) is 25.0 Å². The average molecular weight is 262 g/mol. The molecule has 1 aromatic rings. The molecule has 1 heterocycles. The lowest BCUT2D eigenvalue weighted by Crippen LogP contribution is -2.65. The van der Waals surface area contributed by atoms with Gasteiger partial charge in [-0.05, 0) is 25.0 Å². The van der Waals surface area contributed by atoms with Crippen LogP contribution < -0.4 is 10.2 Å². The number of carbonyl (C=O) groups is 2. The van der Waals surface area contributed by atoms with Crippen molar-refractivity contribution >= 4 is 17.5 Å². The van der Waals surface area contributed by atoms with Gasteiger partial charge in [0.15, 0.2) is 0 Å². The molecule has 1 saturated heterocycles. The summed E-state index contributed by atoms with van der Waals surface area (Å²) in [6.45, 7) is -0.110. The van der Waals surface area contributed by atoms with Gasteiger partial charge in [0, 0.05) is 0 Å².